The van der Waals surface area contributed by atoms with Gasteiger partial charge < -0.3 is 20.8 Å². The van der Waals surface area contributed by atoms with Crippen molar-refractivity contribution in [3.05, 3.63) is 108 Å². The van der Waals surface area contributed by atoms with Crippen molar-refractivity contribution in [3.63, 3.8) is 0 Å². The van der Waals surface area contributed by atoms with Gasteiger partial charge in [-0.3, -0.25) is 19.4 Å². The molecule has 0 aliphatic carbocycles. The Hall–Kier alpha value is -5.58. The molecule has 2 heterocycles. The van der Waals surface area contributed by atoms with E-state index >= 15 is 0 Å². The summed E-state index contributed by atoms with van der Waals surface area (Å²) in [5, 5.41) is 28.1. The summed E-state index contributed by atoms with van der Waals surface area (Å²) in [5.74, 6) is -4.12. The second-order valence-corrected chi connectivity index (χ2v) is 8.63. The lowest BCUT2D eigenvalue weighted by atomic mass is 10.1. The SMILES string of the molecule is O=C(O)CCC(NC(=O)C(=Cc1cn(-c2ccccc2)nc1-c1cccnc1)NC(=O)c1ccccc1)C(=O)O. The Morgan fingerprint density at radius 2 is 1.62 bits per heavy atom. The van der Waals surface area contributed by atoms with Crippen LogP contribution in [-0.2, 0) is 14.4 Å². The van der Waals surface area contributed by atoms with Gasteiger partial charge in [-0.2, -0.15) is 5.10 Å². The first-order valence-corrected chi connectivity index (χ1v) is 12.2. The Morgan fingerprint density at radius 3 is 2.25 bits per heavy atom. The number of carboxylic acids is 2. The van der Waals surface area contributed by atoms with E-state index in [1.165, 1.54) is 6.08 Å². The maximum atomic E-state index is 13.4. The van der Waals surface area contributed by atoms with Crippen LogP contribution in [0.2, 0.25) is 0 Å². The minimum atomic E-state index is -1.49. The number of aromatic nitrogens is 3. The monoisotopic (exact) mass is 539 g/mol. The Morgan fingerprint density at radius 1 is 0.925 bits per heavy atom. The zero-order valence-electron chi connectivity index (χ0n) is 21.1. The van der Waals surface area contributed by atoms with Crippen molar-refractivity contribution in [2.75, 3.05) is 0 Å². The summed E-state index contributed by atoms with van der Waals surface area (Å²) in [4.78, 5) is 53.2. The van der Waals surface area contributed by atoms with Crippen molar-refractivity contribution in [2.45, 2.75) is 18.9 Å². The molecule has 2 amide bonds. The van der Waals surface area contributed by atoms with Gasteiger partial charge in [0.05, 0.1) is 5.69 Å². The molecule has 4 rings (SSSR count). The first-order valence-electron chi connectivity index (χ1n) is 12.2. The first kappa shape index (κ1) is 27.5. The quantitative estimate of drug-likeness (QED) is 0.211. The normalized spacial score (nSPS) is 11.8. The Balaban J connectivity index is 1.77. The number of amides is 2. The summed E-state index contributed by atoms with van der Waals surface area (Å²) in [6.45, 7) is 0. The van der Waals surface area contributed by atoms with Crippen molar-refractivity contribution < 1.29 is 29.4 Å². The van der Waals surface area contributed by atoms with E-state index in [1.807, 2.05) is 30.3 Å². The molecule has 0 radical (unpaired) electrons. The van der Waals surface area contributed by atoms with Crippen LogP contribution >= 0.6 is 0 Å². The average Bonchev–Trinajstić information content (AvgIpc) is 3.39. The largest absolute Gasteiger partial charge is 0.481 e. The number of carbonyl (C=O) groups excluding carboxylic acids is 2. The zero-order chi connectivity index (χ0) is 28.5. The minimum absolute atomic E-state index is 0.256. The van der Waals surface area contributed by atoms with Crippen LogP contribution in [0.1, 0.15) is 28.8 Å². The lowest BCUT2D eigenvalue weighted by Crippen LogP contribution is -2.44. The van der Waals surface area contributed by atoms with Gasteiger partial charge in [0.25, 0.3) is 11.8 Å². The van der Waals surface area contributed by atoms with Gasteiger partial charge in [0, 0.05) is 41.7 Å². The molecule has 0 fully saturated rings. The Bertz CT molecular complexity index is 1540. The highest BCUT2D eigenvalue weighted by Crippen LogP contribution is 2.25. The number of nitrogens with zero attached hydrogens (tertiary/aromatic N) is 3. The predicted molar refractivity (Wildman–Crippen MR) is 145 cm³/mol. The molecule has 0 spiro atoms. The topological polar surface area (TPSA) is 164 Å². The van der Waals surface area contributed by atoms with Gasteiger partial charge in [-0.25, -0.2) is 9.48 Å². The Kier molecular flexibility index (Phi) is 8.77. The fraction of sp³-hybridized carbons (Fsp3) is 0.103. The fourth-order valence-electron chi connectivity index (χ4n) is 3.79. The van der Waals surface area contributed by atoms with Crippen LogP contribution in [0, 0.1) is 0 Å². The fourth-order valence-corrected chi connectivity index (χ4v) is 3.79. The summed E-state index contributed by atoms with van der Waals surface area (Å²) < 4.78 is 1.61. The number of hydrogen-bond donors (Lipinski definition) is 4. The molecule has 11 nitrogen and oxygen atoms in total. The predicted octanol–water partition coefficient (Wildman–Crippen LogP) is 3.14. The van der Waals surface area contributed by atoms with E-state index in [0.717, 1.165) is 5.69 Å². The molecular weight excluding hydrogens is 514 g/mol. The molecular formula is C29H25N5O6. The number of pyridine rings is 1. The summed E-state index contributed by atoms with van der Waals surface area (Å²) in [5.41, 5.74) is 2.29. The number of aliphatic carboxylic acids is 2. The van der Waals surface area contributed by atoms with Crippen molar-refractivity contribution in [1.82, 2.24) is 25.4 Å². The number of benzene rings is 2. The van der Waals surface area contributed by atoms with Gasteiger partial charge >= 0.3 is 11.9 Å². The number of para-hydroxylation sites is 1. The maximum Gasteiger partial charge on any atom is 0.326 e. The second-order valence-electron chi connectivity index (χ2n) is 8.63. The molecule has 2 aromatic heterocycles. The number of hydrogen-bond acceptors (Lipinski definition) is 6. The van der Waals surface area contributed by atoms with Gasteiger partial charge in [-0.1, -0.05) is 36.4 Å². The van der Waals surface area contributed by atoms with E-state index in [4.69, 9.17) is 5.11 Å². The standard InChI is InChI=1S/C29H25N5O6/c35-25(36)14-13-23(29(39)40)31-28(38)24(32-27(37)19-8-3-1-4-9-19)16-21-18-34(22-11-5-2-6-12-22)33-26(21)20-10-7-15-30-17-20/h1-12,15-18,23H,13-14H2,(H,31,38)(H,32,37)(H,35,36)(H,39,40). The third-order valence-corrected chi connectivity index (χ3v) is 5.78. The molecule has 40 heavy (non-hydrogen) atoms. The van der Waals surface area contributed by atoms with Gasteiger partial charge in [0.15, 0.2) is 0 Å². The van der Waals surface area contributed by atoms with E-state index in [9.17, 15) is 24.3 Å². The van der Waals surface area contributed by atoms with Crippen LogP contribution in [0.3, 0.4) is 0 Å². The molecule has 1 atom stereocenters. The molecule has 0 aliphatic rings. The molecule has 0 bridgehead atoms. The van der Waals surface area contributed by atoms with Crippen LogP contribution in [0.25, 0.3) is 23.0 Å². The zero-order valence-corrected chi connectivity index (χ0v) is 21.1. The number of nitrogens with one attached hydrogen (secondary N) is 2. The van der Waals surface area contributed by atoms with Crippen molar-refractivity contribution in [3.8, 4) is 16.9 Å². The molecule has 1 unspecified atom stereocenters. The highest BCUT2D eigenvalue weighted by Gasteiger charge is 2.25. The molecule has 0 saturated carbocycles. The molecule has 2 aromatic carbocycles. The van der Waals surface area contributed by atoms with Gasteiger partial charge in [-0.05, 0) is 48.9 Å². The summed E-state index contributed by atoms with van der Waals surface area (Å²) in [7, 11) is 0. The lowest BCUT2D eigenvalue weighted by molar-refractivity contribution is -0.142. The average molecular weight is 540 g/mol. The van der Waals surface area contributed by atoms with Gasteiger partial charge in [0.1, 0.15) is 17.4 Å². The minimum Gasteiger partial charge on any atom is -0.481 e. The molecule has 11 heteroatoms. The highest BCUT2D eigenvalue weighted by atomic mass is 16.4. The molecule has 0 saturated heterocycles. The summed E-state index contributed by atoms with van der Waals surface area (Å²) in [6, 6.07) is 19.5. The Labute approximate surface area is 228 Å². The van der Waals surface area contributed by atoms with Crippen molar-refractivity contribution in [2.24, 2.45) is 0 Å². The smallest absolute Gasteiger partial charge is 0.326 e. The van der Waals surface area contributed by atoms with E-state index in [-0.39, 0.29) is 17.7 Å². The van der Waals surface area contributed by atoms with Gasteiger partial charge in [0.2, 0.25) is 0 Å². The van der Waals surface area contributed by atoms with Gasteiger partial charge in [-0.15, -0.1) is 0 Å². The number of carboxylic acid groups (broad SMARTS) is 2. The maximum absolute atomic E-state index is 13.4. The third kappa shape index (κ3) is 7.04. The van der Waals surface area contributed by atoms with E-state index in [0.29, 0.717) is 16.8 Å². The van der Waals surface area contributed by atoms with Crippen molar-refractivity contribution in [1.29, 1.82) is 0 Å². The van der Waals surface area contributed by atoms with E-state index < -0.39 is 36.2 Å². The van der Waals surface area contributed by atoms with E-state index in [1.54, 1.807) is 65.7 Å². The molecule has 4 aromatic rings. The van der Waals surface area contributed by atoms with E-state index in [2.05, 4.69) is 20.7 Å². The summed E-state index contributed by atoms with van der Waals surface area (Å²) in [6.07, 6.45) is 5.45. The highest BCUT2D eigenvalue weighted by molar-refractivity contribution is 6.06. The summed E-state index contributed by atoms with van der Waals surface area (Å²) >= 11 is 0. The second kappa shape index (κ2) is 12.8. The van der Waals surface area contributed by atoms with Crippen LogP contribution in [0.15, 0.2) is 97.1 Å². The van der Waals surface area contributed by atoms with Crippen LogP contribution in [0.4, 0.5) is 0 Å². The van der Waals surface area contributed by atoms with Crippen molar-refractivity contribution >= 4 is 29.8 Å². The molecule has 4 N–H and O–H groups in total. The molecule has 0 aliphatic heterocycles. The van der Waals surface area contributed by atoms with Crippen LogP contribution in [0.5, 0.6) is 0 Å². The first-order chi connectivity index (χ1) is 19.3. The molecule has 202 valence electrons. The number of rotatable bonds is 11. The van der Waals surface area contributed by atoms with Crippen LogP contribution < -0.4 is 10.6 Å². The lowest BCUT2D eigenvalue weighted by Gasteiger charge is -2.16. The van der Waals surface area contributed by atoms with Crippen LogP contribution in [-0.4, -0.2) is 54.8 Å². The third-order valence-electron chi connectivity index (χ3n) is 5.78. The number of carbonyl (C=O) groups is 4.